The molecule has 0 fully saturated rings. The van der Waals surface area contributed by atoms with Gasteiger partial charge in [-0.25, -0.2) is 0 Å². The molecule has 0 radical (unpaired) electrons. The standard InChI is InChI=1S/C19H21BrN2O3/c1-22(11-12-3-8-18(25-2)17(23)9-12)16-7-4-13-10-14(20)5-6-15(13)21-19(16)24/h3,5-6,8-10,16,23H,4,7,11H2,1-2H3,(H,21,24). The van der Waals surface area contributed by atoms with E-state index < -0.39 is 0 Å². The average Bonchev–Trinajstić information content (AvgIpc) is 2.73. The second-order valence-corrected chi connectivity index (χ2v) is 7.18. The van der Waals surface area contributed by atoms with Gasteiger partial charge in [0.25, 0.3) is 0 Å². The molecule has 3 rings (SSSR count). The van der Waals surface area contributed by atoms with E-state index in [9.17, 15) is 9.90 Å². The topological polar surface area (TPSA) is 61.8 Å². The Bertz CT molecular complexity index is 794. The molecule has 5 nitrogen and oxygen atoms in total. The Hall–Kier alpha value is -2.05. The number of carbonyl (C=O) groups excluding carboxylic acids is 1. The second kappa shape index (κ2) is 7.45. The molecule has 0 aromatic heterocycles. The first-order valence-corrected chi connectivity index (χ1v) is 8.92. The van der Waals surface area contributed by atoms with Crippen LogP contribution in [0.15, 0.2) is 40.9 Å². The fourth-order valence-electron chi connectivity index (χ4n) is 3.18. The number of nitrogens with one attached hydrogen (secondary N) is 1. The number of amides is 1. The van der Waals surface area contributed by atoms with Crippen molar-refractivity contribution in [1.29, 1.82) is 0 Å². The number of hydrogen-bond acceptors (Lipinski definition) is 4. The van der Waals surface area contributed by atoms with Crippen LogP contribution in [0.1, 0.15) is 17.5 Å². The Labute approximate surface area is 155 Å². The molecule has 1 heterocycles. The van der Waals surface area contributed by atoms with E-state index in [0.29, 0.717) is 12.3 Å². The van der Waals surface area contributed by atoms with Gasteiger partial charge in [0.2, 0.25) is 5.91 Å². The van der Waals surface area contributed by atoms with Gasteiger partial charge >= 0.3 is 0 Å². The highest BCUT2D eigenvalue weighted by molar-refractivity contribution is 9.10. The molecular formula is C19H21BrN2O3. The zero-order valence-corrected chi connectivity index (χ0v) is 15.8. The van der Waals surface area contributed by atoms with E-state index in [4.69, 9.17) is 4.74 Å². The monoisotopic (exact) mass is 404 g/mol. The maximum absolute atomic E-state index is 12.6. The SMILES string of the molecule is COc1ccc(CN(C)C2CCc3cc(Br)ccc3NC2=O)cc1O. The van der Waals surface area contributed by atoms with Crippen LogP contribution in [0.4, 0.5) is 5.69 Å². The number of aryl methyl sites for hydroxylation is 1. The number of hydrogen-bond donors (Lipinski definition) is 2. The van der Waals surface area contributed by atoms with Crippen LogP contribution in [0.5, 0.6) is 11.5 Å². The van der Waals surface area contributed by atoms with E-state index in [1.165, 1.54) is 7.11 Å². The number of phenols is 1. The van der Waals surface area contributed by atoms with Gasteiger partial charge in [0, 0.05) is 16.7 Å². The molecule has 2 aromatic carbocycles. The van der Waals surface area contributed by atoms with Crippen molar-refractivity contribution in [2.24, 2.45) is 0 Å². The number of ether oxygens (including phenoxy) is 1. The molecule has 0 saturated heterocycles. The maximum Gasteiger partial charge on any atom is 0.241 e. The molecule has 0 spiro atoms. The summed E-state index contributed by atoms with van der Waals surface area (Å²) in [6.45, 7) is 0.565. The normalized spacial score (nSPS) is 17.0. The minimum atomic E-state index is -0.226. The molecule has 0 bridgehead atoms. The zero-order chi connectivity index (χ0) is 18.0. The lowest BCUT2D eigenvalue weighted by Crippen LogP contribution is -2.40. The Kier molecular flexibility index (Phi) is 5.30. The van der Waals surface area contributed by atoms with Crippen molar-refractivity contribution in [3.8, 4) is 11.5 Å². The van der Waals surface area contributed by atoms with E-state index in [1.807, 2.05) is 30.1 Å². The summed E-state index contributed by atoms with van der Waals surface area (Å²) in [5, 5.41) is 13.0. The van der Waals surface area contributed by atoms with Gasteiger partial charge in [-0.15, -0.1) is 0 Å². The van der Waals surface area contributed by atoms with Crippen LogP contribution in [-0.4, -0.2) is 36.1 Å². The minimum Gasteiger partial charge on any atom is -0.504 e. The summed E-state index contributed by atoms with van der Waals surface area (Å²) in [5.74, 6) is 0.553. The molecule has 1 atom stereocenters. The van der Waals surface area contributed by atoms with Crippen LogP contribution in [0.2, 0.25) is 0 Å². The highest BCUT2D eigenvalue weighted by Gasteiger charge is 2.27. The lowest BCUT2D eigenvalue weighted by atomic mass is 10.0. The van der Waals surface area contributed by atoms with Gasteiger partial charge < -0.3 is 15.2 Å². The number of phenolic OH excluding ortho intramolecular Hbond substituents is 1. The van der Waals surface area contributed by atoms with Crippen LogP contribution in [0.25, 0.3) is 0 Å². The molecular weight excluding hydrogens is 384 g/mol. The number of nitrogens with zero attached hydrogens (tertiary/aromatic N) is 1. The summed E-state index contributed by atoms with van der Waals surface area (Å²) in [4.78, 5) is 14.6. The van der Waals surface area contributed by atoms with Crippen molar-refractivity contribution in [2.75, 3.05) is 19.5 Å². The molecule has 1 unspecified atom stereocenters. The van der Waals surface area contributed by atoms with Gasteiger partial charge in [-0.3, -0.25) is 9.69 Å². The number of likely N-dealkylation sites (N-methyl/N-ethyl adjacent to an activating group) is 1. The molecule has 2 N–H and O–H groups in total. The van der Waals surface area contributed by atoms with E-state index in [0.717, 1.165) is 34.1 Å². The van der Waals surface area contributed by atoms with Crippen molar-refractivity contribution in [2.45, 2.75) is 25.4 Å². The Morgan fingerprint density at radius 1 is 1.32 bits per heavy atom. The molecule has 1 aliphatic rings. The lowest BCUT2D eigenvalue weighted by molar-refractivity contribution is -0.121. The molecule has 0 saturated carbocycles. The molecule has 1 aliphatic heterocycles. The summed E-state index contributed by atoms with van der Waals surface area (Å²) in [7, 11) is 3.45. The van der Waals surface area contributed by atoms with Gasteiger partial charge in [0.05, 0.1) is 13.2 Å². The Morgan fingerprint density at radius 3 is 2.84 bits per heavy atom. The quantitative estimate of drug-likeness (QED) is 0.817. The van der Waals surface area contributed by atoms with E-state index >= 15 is 0 Å². The van der Waals surface area contributed by atoms with Gasteiger partial charge in [-0.1, -0.05) is 22.0 Å². The molecule has 1 amide bonds. The summed E-state index contributed by atoms with van der Waals surface area (Å²) in [5.41, 5.74) is 2.95. The Balaban J connectivity index is 1.73. The number of carbonyl (C=O) groups is 1. The summed E-state index contributed by atoms with van der Waals surface area (Å²) in [6, 6.07) is 11.0. The first-order chi connectivity index (χ1) is 12.0. The molecule has 0 aliphatic carbocycles. The summed E-state index contributed by atoms with van der Waals surface area (Å²) in [6.07, 6.45) is 1.57. The van der Waals surface area contributed by atoms with Gasteiger partial charge in [0.1, 0.15) is 0 Å². The summed E-state index contributed by atoms with van der Waals surface area (Å²) < 4.78 is 6.08. The number of aromatic hydroxyl groups is 1. The van der Waals surface area contributed by atoms with Crippen LogP contribution in [0, 0.1) is 0 Å². The molecule has 6 heteroatoms. The number of fused-ring (bicyclic) bond motifs is 1. The smallest absolute Gasteiger partial charge is 0.241 e. The number of halogens is 1. The van der Waals surface area contributed by atoms with Crippen molar-refractivity contribution in [1.82, 2.24) is 4.90 Å². The van der Waals surface area contributed by atoms with Crippen molar-refractivity contribution in [3.63, 3.8) is 0 Å². The third kappa shape index (κ3) is 3.96. The zero-order valence-electron chi connectivity index (χ0n) is 14.3. The highest BCUT2D eigenvalue weighted by atomic mass is 79.9. The number of rotatable bonds is 4. The third-order valence-corrected chi connectivity index (χ3v) is 5.02. The van der Waals surface area contributed by atoms with E-state index in [1.54, 1.807) is 12.1 Å². The van der Waals surface area contributed by atoms with Crippen molar-refractivity contribution in [3.05, 3.63) is 52.0 Å². The van der Waals surface area contributed by atoms with Crippen LogP contribution >= 0.6 is 15.9 Å². The highest BCUT2D eigenvalue weighted by Crippen LogP contribution is 2.29. The van der Waals surface area contributed by atoms with Gasteiger partial charge in [0.15, 0.2) is 11.5 Å². The van der Waals surface area contributed by atoms with Gasteiger partial charge in [-0.2, -0.15) is 0 Å². The molecule has 132 valence electrons. The fraction of sp³-hybridized carbons (Fsp3) is 0.316. The maximum atomic E-state index is 12.6. The average molecular weight is 405 g/mol. The molecule has 25 heavy (non-hydrogen) atoms. The first-order valence-electron chi connectivity index (χ1n) is 8.13. The molecule has 2 aromatic rings. The van der Waals surface area contributed by atoms with Crippen molar-refractivity contribution >= 4 is 27.5 Å². The number of methoxy groups -OCH3 is 1. The predicted octanol–water partition coefficient (Wildman–Crippen LogP) is 3.55. The second-order valence-electron chi connectivity index (χ2n) is 6.27. The first kappa shape index (κ1) is 17.8. The largest absolute Gasteiger partial charge is 0.504 e. The van der Waals surface area contributed by atoms with Gasteiger partial charge in [-0.05, 0) is 61.3 Å². The summed E-state index contributed by atoms with van der Waals surface area (Å²) >= 11 is 3.48. The fourth-order valence-corrected chi connectivity index (χ4v) is 3.59. The van der Waals surface area contributed by atoms with E-state index in [-0.39, 0.29) is 17.7 Å². The van der Waals surface area contributed by atoms with Crippen LogP contribution in [0.3, 0.4) is 0 Å². The minimum absolute atomic E-state index is 0.00121. The predicted molar refractivity (Wildman–Crippen MR) is 101 cm³/mol. The Morgan fingerprint density at radius 2 is 2.12 bits per heavy atom. The lowest BCUT2D eigenvalue weighted by Gasteiger charge is -2.25. The van der Waals surface area contributed by atoms with Crippen molar-refractivity contribution < 1.29 is 14.6 Å². The number of anilines is 1. The van der Waals surface area contributed by atoms with Crippen LogP contribution in [-0.2, 0) is 17.8 Å². The number of benzene rings is 2. The van der Waals surface area contributed by atoms with Crippen LogP contribution < -0.4 is 10.1 Å². The van der Waals surface area contributed by atoms with E-state index in [2.05, 4.69) is 27.3 Å². The third-order valence-electron chi connectivity index (χ3n) is 4.52.